The van der Waals surface area contributed by atoms with E-state index in [9.17, 15) is 4.79 Å². The maximum Gasteiger partial charge on any atom is 0.236 e. The number of ether oxygens (including phenoxy) is 1. The van der Waals surface area contributed by atoms with Crippen molar-refractivity contribution in [3.05, 3.63) is 0 Å². The molecule has 1 N–H and O–H groups in total. The topological polar surface area (TPSA) is 49.8 Å². The van der Waals surface area contributed by atoms with Crippen LogP contribution in [-0.4, -0.2) is 54.2 Å². The fraction of sp³-hybridized carbons (Fsp3) is 0.900. The van der Waals surface area contributed by atoms with Crippen LogP contribution in [0.5, 0.6) is 0 Å². The number of amides is 1. The monoisotopic (exact) mass is 281 g/mol. The first-order valence-corrected chi connectivity index (χ1v) is 5.98. The molecule has 0 aliphatic rings. The third kappa shape index (κ3) is 5.49. The number of alkyl halides is 1. The number of nitrogens with zero attached hydrogens (tertiary/aromatic N) is 1. The standard InChI is InChI=1S/C10H20BrNO3/c1-8(2)9(11)10(14)12(4-6-13)5-7-15-3/h8-9,13H,4-7H2,1-3H3. The molecule has 0 spiro atoms. The van der Waals surface area contributed by atoms with Gasteiger partial charge in [0.25, 0.3) is 0 Å². The molecule has 0 aliphatic heterocycles. The van der Waals surface area contributed by atoms with Crippen LogP contribution in [0.15, 0.2) is 0 Å². The van der Waals surface area contributed by atoms with Crippen LogP contribution in [0, 0.1) is 5.92 Å². The van der Waals surface area contributed by atoms with Crippen LogP contribution in [0.2, 0.25) is 0 Å². The van der Waals surface area contributed by atoms with E-state index in [1.807, 2.05) is 13.8 Å². The van der Waals surface area contributed by atoms with E-state index in [-0.39, 0.29) is 23.3 Å². The lowest BCUT2D eigenvalue weighted by atomic mass is 10.1. The number of hydrogen-bond acceptors (Lipinski definition) is 3. The number of hydrogen-bond donors (Lipinski definition) is 1. The number of aliphatic hydroxyl groups excluding tert-OH is 1. The van der Waals surface area contributed by atoms with Crippen molar-refractivity contribution in [1.29, 1.82) is 0 Å². The van der Waals surface area contributed by atoms with E-state index in [2.05, 4.69) is 15.9 Å². The highest BCUT2D eigenvalue weighted by Crippen LogP contribution is 2.14. The summed E-state index contributed by atoms with van der Waals surface area (Å²) in [4.78, 5) is 13.3. The summed E-state index contributed by atoms with van der Waals surface area (Å²) in [6.07, 6.45) is 0. The zero-order valence-electron chi connectivity index (χ0n) is 9.57. The molecule has 0 bridgehead atoms. The second kappa shape index (κ2) is 8.07. The second-order valence-electron chi connectivity index (χ2n) is 3.69. The van der Waals surface area contributed by atoms with Crippen molar-refractivity contribution in [2.24, 2.45) is 5.92 Å². The number of methoxy groups -OCH3 is 1. The highest BCUT2D eigenvalue weighted by molar-refractivity contribution is 9.10. The van der Waals surface area contributed by atoms with Crippen molar-refractivity contribution < 1.29 is 14.6 Å². The van der Waals surface area contributed by atoms with Crippen molar-refractivity contribution in [2.75, 3.05) is 33.4 Å². The molecule has 4 nitrogen and oxygen atoms in total. The van der Waals surface area contributed by atoms with Crippen LogP contribution < -0.4 is 0 Å². The zero-order valence-corrected chi connectivity index (χ0v) is 11.2. The minimum atomic E-state index is -0.194. The normalized spacial score (nSPS) is 12.9. The molecule has 15 heavy (non-hydrogen) atoms. The Hall–Kier alpha value is -0.130. The van der Waals surface area contributed by atoms with Gasteiger partial charge in [0, 0.05) is 20.2 Å². The Kier molecular flexibility index (Phi) is 8.00. The number of halogens is 1. The predicted molar refractivity (Wildman–Crippen MR) is 63.1 cm³/mol. The first kappa shape index (κ1) is 14.9. The van der Waals surface area contributed by atoms with Crippen LogP contribution in [-0.2, 0) is 9.53 Å². The molecule has 1 amide bonds. The molecule has 0 aromatic rings. The lowest BCUT2D eigenvalue weighted by molar-refractivity contribution is -0.132. The zero-order chi connectivity index (χ0) is 11.8. The largest absolute Gasteiger partial charge is 0.395 e. The van der Waals surface area contributed by atoms with Crippen molar-refractivity contribution in [1.82, 2.24) is 4.90 Å². The van der Waals surface area contributed by atoms with E-state index in [0.717, 1.165) is 0 Å². The van der Waals surface area contributed by atoms with Gasteiger partial charge in [-0.2, -0.15) is 0 Å². The molecular formula is C10H20BrNO3. The third-order valence-electron chi connectivity index (χ3n) is 2.07. The SMILES string of the molecule is COCCN(CCO)C(=O)C(Br)C(C)C. The molecule has 0 saturated carbocycles. The maximum absolute atomic E-state index is 11.9. The van der Waals surface area contributed by atoms with Crippen LogP contribution >= 0.6 is 15.9 Å². The van der Waals surface area contributed by atoms with Crippen molar-refractivity contribution in [3.8, 4) is 0 Å². The van der Waals surface area contributed by atoms with E-state index < -0.39 is 0 Å². The summed E-state index contributed by atoms with van der Waals surface area (Å²) in [6, 6.07) is 0. The minimum absolute atomic E-state index is 0.0103. The van der Waals surface area contributed by atoms with E-state index in [0.29, 0.717) is 19.7 Å². The minimum Gasteiger partial charge on any atom is -0.395 e. The van der Waals surface area contributed by atoms with E-state index in [4.69, 9.17) is 9.84 Å². The van der Waals surface area contributed by atoms with Gasteiger partial charge in [-0.25, -0.2) is 0 Å². The summed E-state index contributed by atoms with van der Waals surface area (Å²) in [5, 5.41) is 8.86. The van der Waals surface area contributed by atoms with Gasteiger partial charge in [-0.1, -0.05) is 29.8 Å². The van der Waals surface area contributed by atoms with Gasteiger partial charge in [-0.15, -0.1) is 0 Å². The molecule has 0 radical (unpaired) electrons. The Morgan fingerprint density at radius 3 is 2.47 bits per heavy atom. The lowest BCUT2D eigenvalue weighted by Crippen LogP contribution is -2.42. The van der Waals surface area contributed by atoms with E-state index >= 15 is 0 Å². The van der Waals surface area contributed by atoms with Crippen molar-refractivity contribution >= 4 is 21.8 Å². The van der Waals surface area contributed by atoms with Crippen LogP contribution in [0.4, 0.5) is 0 Å². The molecule has 5 heteroatoms. The van der Waals surface area contributed by atoms with Gasteiger partial charge in [0.05, 0.1) is 18.0 Å². The fourth-order valence-corrected chi connectivity index (χ4v) is 1.40. The molecular weight excluding hydrogens is 262 g/mol. The highest BCUT2D eigenvalue weighted by Gasteiger charge is 2.23. The molecule has 1 atom stereocenters. The number of rotatable bonds is 7. The molecule has 0 saturated heterocycles. The van der Waals surface area contributed by atoms with Crippen LogP contribution in [0.25, 0.3) is 0 Å². The number of carbonyl (C=O) groups is 1. The summed E-state index contributed by atoms with van der Waals surface area (Å²) >= 11 is 3.36. The summed E-state index contributed by atoms with van der Waals surface area (Å²) in [6.45, 7) is 5.30. The predicted octanol–water partition coefficient (Wildman–Crippen LogP) is 0.873. The van der Waals surface area contributed by atoms with Gasteiger partial charge in [0.2, 0.25) is 5.91 Å². The molecule has 90 valence electrons. The third-order valence-corrected chi connectivity index (χ3v) is 3.52. The smallest absolute Gasteiger partial charge is 0.236 e. The van der Waals surface area contributed by atoms with Gasteiger partial charge >= 0.3 is 0 Å². The van der Waals surface area contributed by atoms with E-state index in [1.54, 1.807) is 12.0 Å². The van der Waals surface area contributed by atoms with Gasteiger partial charge in [0.15, 0.2) is 0 Å². The second-order valence-corrected chi connectivity index (χ2v) is 4.67. The summed E-state index contributed by atoms with van der Waals surface area (Å²) < 4.78 is 4.92. The molecule has 0 aromatic heterocycles. The van der Waals surface area contributed by atoms with Gasteiger partial charge < -0.3 is 14.7 Å². The van der Waals surface area contributed by atoms with Gasteiger partial charge in [-0.05, 0) is 5.92 Å². The van der Waals surface area contributed by atoms with Crippen LogP contribution in [0.1, 0.15) is 13.8 Å². The van der Waals surface area contributed by atoms with Crippen molar-refractivity contribution in [2.45, 2.75) is 18.7 Å². The average molecular weight is 282 g/mol. The number of carbonyl (C=O) groups excluding carboxylic acids is 1. The first-order valence-electron chi connectivity index (χ1n) is 5.07. The highest BCUT2D eigenvalue weighted by atomic mass is 79.9. The average Bonchev–Trinajstić information content (AvgIpc) is 2.22. The Labute approximate surface area is 99.7 Å². The summed E-state index contributed by atoms with van der Waals surface area (Å²) in [5.74, 6) is 0.248. The molecule has 0 heterocycles. The molecule has 0 aliphatic carbocycles. The van der Waals surface area contributed by atoms with Gasteiger partial charge in [-0.3, -0.25) is 4.79 Å². The van der Waals surface area contributed by atoms with Gasteiger partial charge in [0.1, 0.15) is 0 Å². The Balaban J connectivity index is 4.26. The molecule has 0 aromatic carbocycles. The summed E-state index contributed by atoms with van der Waals surface area (Å²) in [5.41, 5.74) is 0. The number of aliphatic hydroxyl groups is 1. The molecule has 0 fully saturated rings. The quantitative estimate of drug-likeness (QED) is 0.705. The first-order chi connectivity index (χ1) is 7.04. The summed E-state index contributed by atoms with van der Waals surface area (Å²) in [7, 11) is 1.59. The van der Waals surface area contributed by atoms with Crippen LogP contribution in [0.3, 0.4) is 0 Å². The van der Waals surface area contributed by atoms with Crippen molar-refractivity contribution in [3.63, 3.8) is 0 Å². The maximum atomic E-state index is 11.9. The fourth-order valence-electron chi connectivity index (χ4n) is 1.11. The Bertz CT molecular complexity index is 188. The van der Waals surface area contributed by atoms with E-state index in [1.165, 1.54) is 0 Å². The lowest BCUT2D eigenvalue weighted by Gasteiger charge is -2.25. The Morgan fingerprint density at radius 1 is 1.47 bits per heavy atom. The molecule has 1 unspecified atom stereocenters. The molecule has 0 rings (SSSR count). The Morgan fingerprint density at radius 2 is 2.07 bits per heavy atom.